The minimum Gasteiger partial charge on any atom is -0.352 e. The van der Waals surface area contributed by atoms with Crippen molar-refractivity contribution < 1.29 is 18.0 Å². The van der Waals surface area contributed by atoms with Gasteiger partial charge in [0.15, 0.2) is 0 Å². The van der Waals surface area contributed by atoms with Gasteiger partial charge in [-0.2, -0.15) is 0 Å². The van der Waals surface area contributed by atoms with E-state index in [2.05, 4.69) is 5.32 Å². The lowest BCUT2D eigenvalue weighted by molar-refractivity contribution is -0.139. The molecule has 1 N–H and O–H groups in total. The number of rotatable bonds is 9. The highest BCUT2D eigenvalue weighted by molar-refractivity contribution is 7.92. The standard InChI is InChI=1S/C23H29Cl2N3O4S/c1-15(2)26-23(30)17(4)27(13-18-9-7-6-8-16(18)3)22(29)14-28(33(5,31)32)21-11-19(24)10-20(25)12-21/h6-12,15,17H,13-14H2,1-5H3,(H,26,30)/t17-/m0/s1. The third-order valence-corrected chi connectivity index (χ3v) is 6.59. The van der Waals surface area contributed by atoms with Gasteiger partial charge >= 0.3 is 0 Å². The molecule has 0 heterocycles. The zero-order valence-corrected chi connectivity index (χ0v) is 21.6. The predicted octanol–water partition coefficient (Wildman–Crippen LogP) is 4.01. The molecule has 0 radical (unpaired) electrons. The molecule has 0 spiro atoms. The molecule has 0 aliphatic carbocycles. The van der Waals surface area contributed by atoms with Crippen molar-refractivity contribution >= 4 is 50.7 Å². The van der Waals surface area contributed by atoms with E-state index < -0.39 is 28.5 Å². The van der Waals surface area contributed by atoms with Gasteiger partial charge in [-0.3, -0.25) is 13.9 Å². The molecule has 2 aromatic carbocycles. The Bertz CT molecular complexity index is 1100. The minimum atomic E-state index is -3.86. The van der Waals surface area contributed by atoms with Gasteiger partial charge < -0.3 is 10.2 Å². The lowest BCUT2D eigenvalue weighted by atomic mass is 10.1. The third kappa shape index (κ3) is 7.62. The van der Waals surface area contributed by atoms with Crippen molar-refractivity contribution in [3.63, 3.8) is 0 Å². The first kappa shape index (κ1) is 27.0. The van der Waals surface area contributed by atoms with Crippen LogP contribution in [0.5, 0.6) is 0 Å². The number of aryl methyl sites for hydroxylation is 1. The van der Waals surface area contributed by atoms with Crippen molar-refractivity contribution in [1.29, 1.82) is 0 Å². The maximum Gasteiger partial charge on any atom is 0.244 e. The van der Waals surface area contributed by atoms with E-state index in [1.165, 1.54) is 23.1 Å². The summed E-state index contributed by atoms with van der Waals surface area (Å²) < 4.78 is 26.1. The molecule has 0 saturated heterocycles. The van der Waals surface area contributed by atoms with Crippen LogP contribution < -0.4 is 9.62 Å². The van der Waals surface area contributed by atoms with Gasteiger partial charge in [0, 0.05) is 22.6 Å². The summed E-state index contributed by atoms with van der Waals surface area (Å²) in [5.41, 5.74) is 1.97. The SMILES string of the molecule is Cc1ccccc1CN(C(=O)CN(c1cc(Cl)cc(Cl)c1)S(C)(=O)=O)[C@@H](C)C(=O)NC(C)C. The number of nitrogens with zero attached hydrogens (tertiary/aromatic N) is 2. The molecule has 180 valence electrons. The van der Waals surface area contributed by atoms with Crippen molar-refractivity contribution in [1.82, 2.24) is 10.2 Å². The number of halogens is 2. The summed E-state index contributed by atoms with van der Waals surface area (Å²) in [4.78, 5) is 27.6. The maximum absolute atomic E-state index is 13.5. The molecule has 0 fully saturated rings. The van der Waals surface area contributed by atoms with E-state index in [4.69, 9.17) is 23.2 Å². The number of carbonyl (C=O) groups is 2. The van der Waals surface area contributed by atoms with Crippen molar-refractivity contribution in [2.24, 2.45) is 0 Å². The van der Waals surface area contributed by atoms with Gasteiger partial charge in [0.1, 0.15) is 12.6 Å². The molecule has 1 atom stereocenters. The molecule has 0 unspecified atom stereocenters. The molecule has 10 heteroatoms. The fraction of sp³-hybridized carbons (Fsp3) is 0.391. The largest absolute Gasteiger partial charge is 0.352 e. The summed E-state index contributed by atoms with van der Waals surface area (Å²) in [7, 11) is -3.86. The average Bonchev–Trinajstić information content (AvgIpc) is 2.68. The molecule has 0 aliphatic heterocycles. The fourth-order valence-electron chi connectivity index (χ4n) is 3.26. The van der Waals surface area contributed by atoms with Gasteiger partial charge in [-0.05, 0) is 57.0 Å². The van der Waals surface area contributed by atoms with Crippen LogP contribution in [0.4, 0.5) is 5.69 Å². The Balaban J connectivity index is 2.44. The Morgan fingerprint density at radius 2 is 1.61 bits per heavy atom. The van der Waals surface area contributed by atoms with Crippen LogP contribution in [-0.2, 0) is 26.2 Å². The highest BCUT2D eigenvalue weighted by Gasteiger charge is 2.30. The van der Waals surface area contributed by atoms with Crippen molar-refractivity contribution in [3.05, 3.63) is 63.6 Å². The number of hydrogen-bond donors (Lipinski definition) is 1. The molecule has 2 rings (SSSR count). The molecule has 0 bridgehead atoms. The van der Waals surface area contributed by atoms with Crippen LogP contribution >= 0.6 is 23.2 Å². The first-order chi connectivity index (χ1) is 15.3. The number of benzene rings is 2. The van der Waals surface area contributed by atoms with E-state index in [1.54, 1.807) is 6.92 Å². The average molecular weight is 514 g/mol. The molecular formula is C23H29Cl2N3O4S. The van der Waals surface area contributed by atoms with Gasteiger partial charge in [-0.15, -0.1) is 0 Å². The molecule has 33 heavy (non-hydrogen) atoms. The molecule has 2 amide bonds. The van der Waals surface area contributed by atoms with Crippen LogP contribution in [-0.4, -0.2) is 50.0 Å². The number of anilines is 1. The maximum atomic E-state index is 13.5. The smallest absolute Gasteiger partial charge is 0.244 e. The summed E-state index contributed by atoms with van der Waals surface area (Å²) >= 11 is 12.1. The number of carbonyl (C=O) groups excluding carboxylic acids is 2. The monoisotopic (exact) mass is 513 g/mol. The van der Waals surface area contributed by atoms with Crippen LogP contribution in [0, 0.1) is 6.92 Å². The predicted molar refractivity (Wildman–Crippen MR) is 133 cm³/mol. The first-order valence-corrected chi connectivity index (χ1v) is 13.0. The van der Waals surface area contributed by atoms with Crippen LogP contribution in [0.25, 0.3) is 0 Å². The third-order valence-electron chi connectivity index (χ3n) is 5.01. The second-order valence-electron chi connectivity index (χ2n) is 8.18. The van der Waals surface area contributed by atoms with Gasteiger partial charge in [-0.1, -0.05) is 47.5 Å². The summed E-state index contributed by atoms with van der Waals surface area (Å²) in [6.07, 6.45) is 0.996. The molecular weight excluding hydrogens is 485 g/mol. The minimum absolute atomic E-state index is 0.114. The number of nitrogens with one attached hydrogen (secondary N) is 1. The van der Waals surface area contributed by atoms with Crippen LogP contribution in [0.3, 0.4) is 0 Å². The second kappa shape index (κ2) is 11.2. The summed E-state index contributed by atoms with van der Waals surface area (Å²) in [5, 5.41) is 3.28. The number of hydrogen-bond acceptors (Lipinski definition) is 4. The van der Waals surface area contributed by atoms with E-state index >= 15 is 0 Å². The molecule has 0 aliphatic rings. The second-order valence-corrected chi connectivity index (χ2v) is 11.0. The Hall–Kier alpha value is -2.29. The van der Waals surface area contributed by atoms with Gasteiger partial charge in [-0.25, -0.2) is 8.42 Å². The summed E-state index contributed by atoms with van der Waals surface area (Å²) in [6, 6.07) is 10.9. The van der Waals surface area contributed by atoms with Crippen LogP contribution in [0.1, 0.15) is 31.9 Å². The highest BCUT2D eigenvalue weighted by Crippen LogP contribution is 2.27. The fourth-order valence-corrected chi connectivity index (χ4v) is 4.60. The Morgan fingerprint density at radius 3 is 2.12 bits per heavy atom. The van der Waals surface area contributed by atoms with Crippen LogP contribution in [0.2, 0.25) is 10.0 Å². The van der Waals surface area contributed by atoms with E-state index in [9.17, 15) is 18.0 Å². The molecule has 2 aromatic rings. The van der Waals surface area contributed by atoms with Gasteiger partial charge in [0.25, 0.3) is 0 Å². The van der Waals surface area contributed by atoms with Gasteiger partial charge in [0.2, 0.25) is 21.8 Å². The van der Waals surface area contributed by atoms with Gasteiger partial charge in [0.05, 0.1) is 11.9 Å². The lowest BCUT2D eigenvalue weighted by Crippen LogP contribution is -2.52. The zero-order chi connectivity index (χ0) is 24.9. The van der Waals surface area contributed by atoms with E-state index in [1.807, 2.05) is 45.0 Å². The number of amides is 2. The highest BCUT2D eigenvalue weighted by atomic mass is 35.5. The Labute approximate surface area is 205 Å². The van der Waals surface area contributed by atoms with E-state index in [0.29, 0.717) is 0 Å². The van der Waals surface area contributed by atoms with E-state index in [-0.39, 0.29) is 34.2 Å². The quantitative estimate of drug-likeness (QED) is 0.548. The number of sulfonamides is 1. The van der Waals surface area contributed by atoms with Crippen molar-refractivity contribution in [3.8, 4) is 0 Å². The van der Waals surface area contributed by atoms with Crippen LogP contribution in [0.15, 0.2) is 42.5 Å². The molecule has 0 saturated carbocycles. The van der Waals surface area contributed by atoms with Crippen molar-refractivity contribution in [2.75, 3.05) is 17.1 Å². The topological polar surface area (TPSA) is 86.8 Å². The molecule has 0 aromatic heterocycles. The normalized spacial score (nSPS) is 12.4. The first-order valence-electron chi connectivity index (χ1n) is 10.4. The summed E-state index contributed by atoms with van der Waals surface area (Å²) in [6.45, 7) is 6.81. The summed E-state index contributed by atoms with van der Waals surface area (Å²) in [5.74, 6) is -0.866. The van der Waals surface area contributed by atoms with E-state index in [0.717, 1.165) is 21.7 Å². The lowest BCUT2D eigenvalue weighted by Gasteiger charge is -2.32. The Kier molecular flexibility index (Phi) is 9.17. The molecule has 7 nitrogen and oxygen atoms in total. The van der Waals surface area contributed by atoms with Crippen molar-refractivity contribution in [2.45, 2.75) is 46.3 Å². The zero-order valence-electron chi connectivity index (χ0n) is 19.3. The Morgan fingerprint density at radius 1 is 1.03 bits per heavy atom.